The molecule has 3 N–H and O–H groups in total. The summed E-state index contributed by atoms with van der Waals surface area (Å²) in [6.45, 7) is 1.82. The summed E-state index contributed by atoms with van der Waals surface area (Å²) in [5, 5.41) is 6.66. The van der Waals surface area contributed by atoms with Crippen LogP contribution < -0.4 is 15.8 Å². The number of aromatic nitrogens is 2. The lowest BCUT2D eigenvalue weighted by atomic mass is 10.3. The molecule has 6 heteroatoms. The van der Waals surface area contributed by atoms with E-state index in [1.54, 1.807) is 37.4 Å². The second-order valence-electron chi connectivity index (χ2n) is 3.89. The zero-order valence-electron chi connectivity index (χ0n) is 10.2. The monoisotopic (exact) mass is 246 g/mol. The second-order valence-corrected chi connectivity index (χ2v) is 3.89. The molecule has 2 rings (SSSR count). The number of anilines is 2. The number of hydrogen-bond acceptors (Lipinski definition) is 4. The van der Waals surface area contributed by atoms with Crippen molar-refractivity contribution in [1.82, 2.24) is 9.78 Å². The van der Waals surface area contributed by atoms with Crippen molar-refractivity contribution in [2.45, 2.75) is 6.92 Å². The van der Waals surface area contributed by atoms with Crippen LogP contribution in [0.3, 0.4) is 0 Å². The van der Waals surface area contributed by atoms with Crippen LogP contribution in [0.1, 0.15) is 5.69 Å². The van der Waals surface area contributed by atoms with E-state index in [2.05, 4.69) is 10.4 Å². The molecule has 1 amide bonds. The van der Waals surface area contributed by atoms with Crippen molar-refractivity contribution >= 4 is 17.5 Å². The van der Waals surface area contributed by atoms with E-state index >= 15 is 0 Å². The molecule has 0 aliphatic carbocycles. The van der Waals surface area contributed by atoms with Gasteiger partial charge in [0.05, 0.1) is 5.69 Å². The van der Waals surface area contributed by atoms with Gasteiger partial charge in [0.1, 0.15) is 0 Å². The molecule has 0 saturated carbocycles. The van der Waals surface area contributed by atoms with Crippen molar-refractivity contribution in [3.05, 3.63) is 36.0 Å². The summed E-state index contributed by atoms with van der Waals surface area (Å²) in [5.74, 6) is 0.383. The molecular weight excluding hydrogens is 232 g/mol. The van der Waals surface area contributed by atoms with E-state index in [1.807, 2.05) is 6.92 Å². The molecule has 0 radical (unpaired) electrons. The fraction of sp³-hybridized carbons (Fsp3) is 0.167. The molecule has 94 valence electrons. The molecule has 0 aliphatic rings. The number of carbonyl (C=O) groups excluding carboxylic acids is 1. The average Bonchev–Trinajstić information content (AvgIpc) is 2.57. The third-order valence-electron chi connectivity index (χ3n) is 2.29. The second kappa shape index (κ2) is 4.79. The Kier molecular flexibility index (Phi) is 3.18. The highest BCUT2D eigenvalue weighted by molar-refractivity contribution is 5.86. The summed E-state index contributed by atoms with van der Waals surface area (Å²) in [4.78, 5) is 11.6. The summed E-state index contributed by atoms with van der Waals surface area (Å²) < 4.78 is 6.61. The van der Waals surface area contributed by atoms with E-state index in [4.69, 9.17) is 10.5 Å². The van der Waals surface area contributed by atoms with Crippen LogP contribution >= 0.6 is 0 Å². The molecule has 18 heavy (non-hydrogen) atoms. The molecule has 0 saturated heterocycles. The third-order valence-corrected chi connectivity index (χ3v) is 2.29. The highest BCUT2D eigenvalue weighted by atomic mass is 16.6. The maximum atomic E-state index is 11.6. The van der Waals surface area contributed by atoms with E-state index in [9.17, 15) is 4.79 Å². The number of amides is 1. The fourth-order valence-corrected chi connectivity index (χ4v) is 1.54. The van der Waals surface area contributed by atoms with Crippen LogP contribution in [0.2, 0.25) is 0 Å². The summed E-state index contributed by atoms with van der Waals surface area (Å²) in [6.07, 6.45) is -0.580. The topological polar surface area (TPSA) is 82.2 Å². The van der Waals surface area contributed by atoms with Crippen LogP contribution in [0.5, 0.6) is 5.88 Å². The third kappa shape index (κ3) is 2.79. The van der Waals surface area contributed by atoms with Gasteiger partial charge >= 0.3 is 6.09 Å². The number of aryl methyl sites for hydroxylation is 2. The van der Waals surface area contributed by atoms with Crippen molar-refractivity contribution in [3.63, 3.8) is 0 Å². The normalized spacial score (nSPS) is 10.1. The van der Waals surface area contributed by atoms with Gasteiger partial charge in [0, 0.05) is 24.5 Å². The largest absolute Gasteiger partial charge is 0.418 e. The lowest BCUT2D eigenvalue weighted by Crippen LogP contribution is -2.18. The first-order chi connectivity index (χ1) is 8.54. The number of rotatable bonds is 2. The standard InChI is InChI=1S/C12H14N4O2/c1-8-6-11(16(2)15-8)18-12(17)14-10-5-3-4-9(13)7-10/h3-7H,13H2,1-2H3,(H,14,17). The molecule has 0 spiro atoms. The minimum Gasteiger partial charge on any atom is -0.399 e. The van der Waals surface area contributed by atoms with Crippen LogP contribution in [-0.2, 0) is 7.05 Å². The Morgan fingerprint density at radius 1 is 1.44 bits per heavy atom. The highest BCUT2D eigenvalue weighted by Gasteiger charge is 2.09. The first-order valence-corrected chi connectivity index (χ1v) is 5.39. The SMILES string of the molecule is Cc1cc(OC(=O)Nc2cccc(N)c2)n(C)n1. The zero-order valence-corrected chi connectivity index (χ0v) is 10.2. The molecule has 0 atom stereocenters. The molecule has 1 aromatic carbocycles. The van der Waals surface area contributed by atoms with Gasteiger partial charge in [0.2, 0.25) is 5.88 Å². The van der Waals surface area contributed by atoms with Gasteiger partial charge < -0.3 is 10.5 Å². The maximum Gasteiger partial charge on any atom is 0.418 e. The Morgan fingerprint density at radius 3 is 2.83 bits per heavy atom. The lowest BCUT2D eigenvalue weighted by Gasteiger charge is -2.06. The molecule has 0 fully saturated rings. The first kappa shape index (κ1) is 12.0. The van der Waals surface area contributed by atoms with Gasteiger partial charge in [0.15, 0.2) is 0 Å². The zero-order chi connectivity index (χ0) is 13.1. The van der Waals surface area contributed by atoms with E-state index < -0.39 is 6.09 Å². The molecule has 0 bridgehead atoms. The van der Waals surface area contributed by atoms with Gasteiger partial charge in [-0.25, -0.2) is 9.48 Å². The van der Waals surface area contributed by atoms with E-state index in [0.29, 0.717) is 17.3 Å². The predicted octanol–water partition coefficient (Wildman–Crippen LogP) is 1.92. The molecule has 1 heterocycles. The number of hydrogen-bond donors (Lipinski definition) is 2. The summed E-state index contributed by atoms with van der Waals surface area (Å²) in [5.41, 5.74) is 7.55. The summed E-state index contributed by atoms with van der Waals surface area (Å²) >= 11 is 0. The average molecular weight is 246 g/mol. The number of carbonyl (C=O) groups is 1. The number of nitrogens with two attached hydrogens (primary N) is 1. The number of nitrogens with one attached hydrogen (secondary N) is 1. The first-order valence-electron chi connectivity index (χ1n) is 5.39. The summed E-state index contributed by atoms with van der Waals surface area (Å²) in [7, 11) is 1.70. The Balaban J connectivity index is 2.03. The van der Waals surface area contributed by atoms with Gasteiger partial charge in [-0.15, -0.1) is 0 Å². The van der Waals surface area contributed by atoms with Crippen molar-refractivity contribution in [3.8, 4) is 5.88 Å². The van der Waals surface area contributed by atoms with Gasteiger partial charge in [-0.3, -0.25) is 5.32 Å². The molecule has 0 unspecified atom stereocenters. The van der Waals surface area contributed by atoms with Gasteiger partial charge in [0.25, 0.3) is 0 Å². The van der Waals surface area contributed by atoms with Gasteiger partial charge in [-0.05, 0) is 25.1 Å². The number of benzene rings is 1. The van der Waals surface area contributed by atoms with E-state index in [-0.39, 0.29) is 0 Å². The van der Waals surface area contributed by atoms with Crippen molar-refractivity contribution in [2.24, 2.45) is 7.05 Å². The molecule has 2 aromatic rings. The molecule has 6 nitrogen and oxygen atoms in total. The highest BCUT2D eigenvalue weighted by Crippen LogP contribution is 2.14. The fourth-order valence-electron chi connectivity index (χ4n) is 1.54. The molecule has 0 aliphatic heterocycles. The number of ether oxygens (including phenoxy) is 1. The Morgan fingerprint density at radius 2 is 2.22 bits per heavy atom. The maximum absolute atomic E-state index is 11.6. The summed E-state index contributed by atoms with van der Waals surface area (Å²) in [6, 6.07) is 8.54. The van der Waals surface area contributed by atoms with Gasteiger partial charge in [-0.2, -0.15) is 5.10 Å². The van der Waals surface area contributed by atoms with Crippen molar-refractivity contribution < 1.29 is 9.53 Å². The molecular formula is C12H14N4O2. The van der Waals surface area contributed by atoms with Crippen molar-refractivity contribution in [1.29, 1.82) is 0 Å². The van der Waals surface area contributed by atoms with Crippen LogP contribution in [0.25, 0.3) is 0 Å². The van der Waals surface area contributed by atoms with Crippen LogP contribution in [0, 0.1) is 6.92 Å². The van der Waals surface area contributed by atoms with Crippen LogP contribution in [-0.4, -0.2) is 15.9 Å². The lowest BCUT2D eigenvalue weighted by molar-refractivity contribution is 0.211. The minimum atomic E-state index is -0.580. The van der Waals surface area contributed by atoms with Crippen LogP contribution in [0.4, 0.5) is 16.2 Å². The van der Waals surface area contributed by atoms with Crippen LogP contribution in [0.15, 0.2) is 30.3 Å². The van der Waals surface area contributed by atoms with E-state index in [1.165, 1.54) is 4.68 Å². The number of nitrogen functional groups attached to an aromatic ring is 1. The number of nitrogens with zero attached hydrogens (tertiary/aromatic N) is 2. The van der Waals surface area contributed by atoms with Gasteiger partial charge in [-0.1, -0.05) is 6.07 Å². The Bertz CT molecular complexity index is 577. The van der Waals surface area contributed by atoms with Crippen molar-refractivity contribution in [2.75, 3.05) is 11.1 Å². The predicted molar refractivity (Wildman–Crippen MR) is 68.4 cm³/mol. The smallest absolute Gasteiger partial charge is 0.399 e. The Hall–Kier alpha value is -2.50. The Labute approximate surface area is 104 Å². The van der Waals surface area contributed by atoms with E-state index in [0.717, 1.165) is 5.69 Å². The molecule has 1 aromatic heterocycles. The minimum absolute atomic E-state index is 0.383. The quantitative estimate of drug-likeness (QED) is 0.793.